The molecule has 4 N–H and O–H groups in total. The topological polar surface area (TPSA) is 193 Å². The summed E-state index contributed by atoms with van der Waals surface area (Å²) in [4.78, 5) is 56.3. The standard InChI is InChI=1S/C22H29N5O4.C17H21N5O2.C2H4O2/c1-13-19(28)24-23-18-10-30-17-8-14-6-7-26(15(14)9-16(17)27(13)18)22(5)11-25(12-22)20(29)31-21(2,3)4;1-10-16(23)20-19-15-7-24-14-5-11-3-4-21(17(2)8-18-9-17)12(11)6-13(14)22(10)15;1-2(3)4/h8-9,13H,6-7,10-12H2,1-5H3,(H,24,28);5-6,10,18H,3-4,7-9H2,1-2H3,(H,20,23);1H3,(H,3,4). The number of hydrogen-bond donors (Lipinski definition) is 4. The van der Waals surface area contributed by atoms with E-state index < -0.39 is 11.6 Å². The molecule has 2 aromatic carbocycles. The summed E-state index contributed by atoms with van der Waals surface area (Å²) in [6.45, 7) is 20.9. The monoisotopic (exact) mass is 814 g/mol. The van der Waals surface area contributed by atoms with Gasteiger partial charge in [-0.15, -0.1) is 0 Å². The highest BCUT2D eigenvalue weighted by atomic mass is 16.6. The van der Waals surface area contributed by atoms with Crippen LogP contribution in [0.5, 0.6) is 11.5 Å². The van der Waals surface area contributed by atoms with Crippen LogP contribution < -0.4 is 45.2 Å². The third-order valence-electron chi connectivity index (χ3n) is 12.1. The molecule has 3 amide bonds. The van der Waals surface area contributed by atoms with Gasteiger partial charge in [0.05, 0.1) is 22.5 Å². The number of hydrazone groups is 2. The number of nitrogens with zero attached hydrogens (tertiary/aromatic N) is 7. The average Bonchev–Trinajstić information content (AvgIpc) is 3.77. The molecule has 8 aliphatic heterocycles. The Balaban J connectivity index is 0.000000154. The van der Waals surface area contributed by atoms with Gasteiger partial charge in [-0.2, -0.15) is 10.2 Å². The molecule has 0 saturated carbocycles. The number of hydrogen-bond acceptors (Lipinski definition) is 14. The average molecular weight is 815 g/mol. The SMILES string of the molecule is CC(=O)O.CC1C(=O)NN=C2COc3cc4c(cc3N21)N(C1(C)CN(C(=O)OC(C)(C)C)C1)CC4.CC1C(=O)NN=C2COc3cc4c(cc3N21)N(C1(C)CNC1)CC4. The Morgan fingerprint density at radius 3 is 1.63 bits per heavy atom. The van der Waals surface area contributed by atoms with Crippen molar-refractivity contribution in [3.8, 4) is 11.5 Å². The largest absolute Gasteiger partial charge is 0.483 e. The maximum Gasteiger partial charge on any atom is 0.410 e. The Kier molecular flexibility index (Phi) is 9.83. The number of likely N-dealkylation sites (tertiary alicyclic amines) is 1. The third kappa shape index (κ3) is 7.20. The van der Waals surface area contributed by atoms with Crippen molar-refractivity contribution in [3.63, 3.8) is 0 Å². The summed E-state index contributed by atoms with van der Waals surface area (Å²) in [6, 6.07) is 7.90. The number of ether oxygens (including phenoxy) is 3. The van der Waals surface area contributed by atoms with Gasteiger partial charge in [0.1, 0.15) is 42.4 Å². The van der Waals surface area contributed by atoms with E-state index >= 15 is 0 Å². The molecule has 0 aromatic heterocycles. The zero-order valence-corrected chi connectivity index (χ0v) is 35.0. The van der Waals surface area contributed by atoms with Crippen LogP contribution in [0.3, 0.4) is 0 Å². The van der Waals surface area contributed by atoms with Gasteiger partial charge in [0, 0.05) is 57.6 Å². The summed E-state index contributed by atoms with van der Waals surface area (Å²) >= 11 is 0. The number of carboxylic acids is 1. The van der Waals surface area contributed by atoms with Gasteiger partial charge in [-0.3, -0.25) is 14.4 Å². The molecule has 2 saturated heterocycles. The quantitative estimate of drug-likeness (QED) is 0.346. The van der Waals surface area contributed by atoms with E-state index in [0.717, 1.165) is 80.3 Å². The van der Waals surface area contributed by atoms with Crippen molar-refractivity contribution in [2.45, 2.75) is 97.0 Å². The number of fused-ring (bicyclic) bond motifs is 8. The molecule has 18 heteroatoms. The molecule has 59 heavy (non-hydrogen) atoms. The number of anilines is 4. The Morgan fingerprint density at radius 2 is 1.22 bits per heavy atom. The first-order valence-electron chi connectivity index (χ1n) is 20.2. The summed E-state index contributed by atoms with van der Waals surface area (Å²) < 4.78 is 17.4. The minimum Gasteiger partial charge on any atom is -0.483 e. The lowest BCUT2D eigenvalue weighted by atomic mass is 9.90. The Bertz CT molecular complexity index is 2150. The van der Waals surface area contributed by atoms with Crippen molar-refractivity contribution in [1.82, 2.24) is 21.1 Å². The zero-order valence-electron chi connectivity index (χ0n) is 35.0. The molecule has 8 heterocycles. The Hall–Kier alpha value is -5.78. The molecule has 0 radical (unpaired) electrons. The number of carbonyl (C=O) groups excluding carboxylic acids is 3. The van der Waals surface area contributed by atoms with Gasteiger partial charge in [-0.05, 0) is 96.7 Å². The Labute approximate surface area is 343 Å². The Morgan fingerprint density at radius 1 is 0.780 bits per heavy atom. The predicted molar refractivity (Wildman–Crippen MR) is 222 cm³/mol. The molecule has 2 aromatic rings. The smallest absolute Gasteiger partial charge is 0.410 e. The first-order chi connectivity index (χ1) is 27.9. The van der Waals surface area contributed by atoms with Crippen LogP contribution in [-0.4, -0.2) is 127 Å². The van der Waals surface area contributed by atoms with Gasteiger partial charge < -0.3 is 49.1 Å². The van der Waals surface area contributed by atoms with Crippen molar-refractivity contribution in [2.24, 2.45) is 10.2 Å². The van der Waals surface area contributed by atoms with Crippen LogP contribution in [0.15, 0.2) is 34.5 Å². The molecule has 10 rings (SSSR count). The van der Waals surface area contributed by atoms with Gasteiger partial charge >= 0.3 is 6.09 Å². The number of amidine groups is 2. The number of carbonyl (C=O) groups is 4. The highest BCUT2D eigenvalue weighted by Crippen LogP contribution is 2.47. The maximum absolute atomic E-state index is 12.4. The lowest BCUT2D eigenvalue weighted by molar-refractivity contribution is -0.134. The molecule has 8 aliphatic rings. The molecule has 0 bridgehead atoms. The van der Waals surface area contributed by atoms with Crippen molar-refractivity contribution in [2.75, 3.05) is 72.1 Å². The number of benzene rings is 2. The van der Waals surface area contributed by atoms with E-state index in [1.807, 2.05) is 44.4 Å². The van der Waals surface area contributed by atoms with Gasteiger partial charge in [-0.1, -0.05) is 0 Å². The molecule has 2 atom stereocenters. The number of amides is 3. The van der Waals surface area contributed by atoms with Gasteiger partial charge in [0.2, 0.25) is 0 Å². The number of aliphatic carboxylic acids is 1. The molecule has 18 nitrogen and oxygen atoms in total. The zero-order chi connectivity index (χ0) is 42.2. The fourth-order valence-electron chi connectivity index (χ4n) is 9.02. The van der Waals surface area contributed by atoms with Crippen molar-refractivity contribution >= 4 is 58.3 Å². The van der Waals surface area contributed by atoms with Crippen LogP contribution in [0, 0.1) is 0 Å². The van der Waals surface area contributed by atoms with Crippen LogP contribution in [0.25, 0.3) is 0 Å². The van der Waals surface area contributed by atoms with E-state index in [-0.39, 0.29) is 41.1 Å². The predicted octanol–water partition coefficient (Wildman–Crippen LogP) is 2.62. The molecular formula is C41H54N10O8. The second-order valence-corrected chi connectivity index (χ2v) is 17.8. The second-order valence-electron chi connectivity index (χ2n) is 17.8. The fraction of sp³-hybridized carbons (Fsp3) is 0.561. The summed E-state index contributed by atoms with van der Waals surface area (Å²) in [5, 5.41) is 19.1. The van der Waals surface area contributed by atoms with Gasteiger partial charge in [0.25, 0.3) is 17.8 Å². The summed E-state index contributed by atoms with van der Waals surface area (Å²) in [5.74, 6) is 2.06. The summed E-state index contributed by atoms with van der Waals surface area (Å²) in [7, 11) is 0. The van der Waals surface area contributed by atoms with Crippen LogP contribution in [-0.2, 0) is 32.0 Å². The lowest BCUT2D eigenvalue weighted by Gasteiger charge is -2.53. The highest BCUT2D eigenvalue weighted by Gasteiger charge is 2.49. The van der Waals surface area contributed by atoms with Gasteiger partial charge in [0.15, 0.2) is 11.7 Å². The molecule has 0 spiro atoms. The maximum atomic E-state index is 12.4. The van der Waals surface area contributed by atoms with E-state index in [0.29, 0.717) is 32.1 Å². The highest BCUT2D eigenvalue weighted by molar-refractivity contribution is 6.10. The minimum atomic E-state index is -0.833. The lowest BCUT2D eigenvalue weighted by Crippen LogP contribution is -2.70. The summed E-state index contributed by atoms with van der Waals surface area (Å²) in [6.07, 6.45) is 1.70. The van der Waals surface area contributed by atoms with Crippen LogP contribution >= 0.6 is 0 Å². The molecule has 2 unspecified atom stereocenters. The van der Waals surface area contributed by atoms with Crippen molar-refractivity contribution < 1.29 is 38.5 Å². The number of carboxylic acid groups (broad SMARTS) is 1. The van der Waals surface area contributed by atoms with Gasteiger partial charge in [-0.25, -0.2) is 15.6 Å². The van der Waals surface area contributed by atoms with Crippen molar-refractivity contribution in [1.29, 1.82) is 0 Å². The summed E-state index contributed by atoms with van der Waals surface area (Å²) in [5.41, 5.74) is 11.4. The van der Waals surface area contributed by atoms with E-state index in [9.17, 15) is 14.4 Å². The first-order valence-corrected chi connectivity index (χ1v) is 20.2. The molecule has 0 aliphatic carbocycles. The van der Waals surface area contributed by atoms with Crippen molar-refractivity contribution in [3.05, 3.63) is 35.4 Å². The van der Waals surface area contributed by atoms with E-state index in [1.165, 1.54) is 16.8 Å². The minimum absolute atomic E-state index is 0.0842. The van der Waals surface area contributed by atoms with E-state index in [4.69, 9.17) is 24.1 Å². The molecule has 316 valence electrons. The van der Waals surface area contributed by atoms with Crippen LogP contribution in [0.4, 0.5) is 27.5 Å². The number of rotatable bonds is 2. The fourth-order valence-corrected chi connectivity index (χ4v) is 9.02. The molecule has 2 fully saturated rings. The van der Waals surface area contributed by atoms with Crippen LogP contribution in [0.2, 0.25) is 0 Å². The molecular weight excluding hydrogens is 761 g/mol. The van der Waals surface area contributed by atoms with E-state index in [2.05, 4.69) is 74.3 Å². The normalized spacial score (nSPS) is 23.6. The second kappa shape index (κ2) is 14.5. The van der Waals surface area contributed by atoms with Crippen LogP contribution in [0.1, 0.15) is 66.5 Å². The third-order valence-corrected chi connectivity index (χ3v) is 12.1. The number of nitrogens with one attached hydrogen (secondary N) is 3. The first kappa shape index (κ1) is 40.0. The van der Waals surface area contributed by atoms with E-state index in [1.54, 1.807) is 4.90 Å².